The van der Waals surface area contributed by atoms with Gasteiger partial charge in [-0.15, -0.1) is 0 Å². The van der Waals surface area contributed by atoms with Crippen molar-refractivity contribution in [3.05, 3.63) is 29.3 Å². The molecule has 1 aliphatic carbocycles. The van der Waals surface area contributed by atoms with Crippen LogP contribution >= 0.6 is 0 Å². The molecule has 0 spiro atoms. The largest absolute Gasteiger partial charge is 0.508 e. The van der Waals surface area contributed by atoms with Crippen molar-refractivity contribution in [1.82, 2.24) is 0 Å². The molecular weight excluding hydrogens is 208 g/mol. The maximum absolute atomic E-state index is 10.1. The molecule has 17 heavy (non-hydrogen) atoms. The summed E-state index contributed by atoms with van der Waals surface area (Å²) >= 11 is 0. The molecule has 0 atom stereocenters. The van der Waals surface area contributed by atoms with Crippen LogP contribution in [-0.2, 0) is 6.42 Å². The number of aromatic hydroxyl groups is 1. The van der Waals surface area contributed by atoms with Gasteiger partial charge in [-0.3, -0.25) is 0 Å². The second-order valence-electron chi connectivity index (χ2n) is 5.75. The highest BCUT2D eigenvalue weighted by molar-refractivity contribution is 5.37. The third-order valence-corrected chi connectivity index (χ3v) is 4.01. The van der Waals surface area contributed by atoms with Crippen LogP contribution in [-0.4, -0.2) is 5.11 Å². The van der Waals surface area contributed by atoms with Gasteiger partial charge >= 0.3 is 0 Å². The highest BCUT2D eigenvalue weighted by Crippen LogP contribution is 2.31. The van der Waals surface area contributed by atoms with Crippen molar-refractivity contribution in [2.75, 3.05) is 0 Å². The van der Waals surface area contributed by atoms with Gasteiger partial charge in [0.15, 0.2) is 0 Å². The van der Waals surface area contributed by atoms with Gasteiger partial charge in [-0.1, -0.05) is 58.1 Å². The van der Waals surface area contributed by atoms with Crippen molar-refractivity contribution in [3.8, 4) is 5.75 Å². The molecule has 0 heterocycles. The lowest BCUT2D eigenvalue weighted by Gasteiger charge is -2.22. The molecule has 0 radical (unpaired) electrons. The fourth-order valence-electron chi connectivity index (χ4n) is 2.81. The lowest BCUT2D eigenvalue weighted by atomic mass is 9.84. The smallest absolute Gasteiger partial charge is 0.119 e. The third kappa shape index (κ3) is 3.24. The maximum atomic E-state index is 10.1. The Hall–Kier alpha value is -0.980. The Morgan fingerprint density at radius 1 is 1.18 bits per heavy atom. The van der Waals surface area contributed by atoms with Gasteiger partial charge in [0.25, 0.3) is 0 Å². The molecule has 0 saturated heterocycles. The summed E-state index contributed by atoms with van der Waals surface area (Å²) in [7, 11) is 0. The first-order valence-electron chi connectivity index (χ1n) is 6.98. The molecule has 2 rings (SSSR count). The summed E-state index contributed by atoms with van der Waals surface area (Å²) in [6.45, 7) is 4.32. The standard InChI is InChI=1S/C16H24O/c1-12(2)14-8-9-15(16(17)11-14)10-13-6-4-3-5-7-13/h8-9,11-13,17H,3-7,10H2,1-2H3. The van der Waals surface area contributed by atoms with Gasteiger partial charge in [0.05, 0.1) is 0 Å². The van der Waals surface area contributed by atoms with Crippen LogP contribution in [0.4, 0.5) is 0 Å². The van der Waals surface area contributed by atoms with Crippen molar-refractivity contribution in [3.63, 3.8) is 0 Å². The highest BCUT2D eigenvalue weighted by Gasteiger charge is 2.15. The van der Waals surface area contributed by atoms with Crippen LogP contribution in [0.2, 0.25) is 0 Å². The third-order valence-electron chi connectivity index (χ3n) is 4.01. The van der Waals surface area contributed by atoms with Crippen molar-refractivity contribution in [2.45, 2.75) is 58.3 Å². The number of phenols is 1. The van der Waals surface area contributed by atoms with E-state index in [2.05, 4.69) is 26.0 Å². The van der Waals surface area contributed by atoms with E-state index in [0.29, 0.717) is 11.7 Å². The predicted octanol–water partition coefficient (Wildman–Crippen LogP) is 4.64. The Balaban J connectivity index is 2.05. The number of rotatable bonds is 3. The second-order valence-corrected chi connectivity index (χ2v) is 5.75. The van der Waals surface area contributed by atoms with Gasteiger partial charge < -0.3 is 5.11 Å². The van der Waals surface area contributed by atoms with Gasteiger partial charge in [-0.25, -0.2) is 0 Å². The molecule has 1 aliphatic rings. The predicted molar refractivity (Wildman–Crippen MR) is 72.5 cm³/mol. The fourth-order valence-corrected chi connectivity index (χ4v) is 2.81. The lowest BCUT2D eigenvalue weighted by Crippen LogP contribution is -2.09. The summed E-state index contributed by atoms with van der Waals surface area (Å²) < 4.78 is 0. The van der Waals surface area contributed by atoms with Crippen LogP contribution in [0.25, 0.3) is 0 Å². The quantitative estimate of drug-likeness (QED) is 0.805. The van der Waals surface area contributed by atoms with E-state index in [1.807, 2.05) is 6.07 Å². The maximum Gasteiger partial charge on any atom is 0.119 e. The normalized spacial score (nSPS) is 17.6. The summed E-state index contributed by atoms with van der Waals surface area (Å²) in [5, 5.41) is 10.1. The average molecular weight is 232 g/mol. The zero-order valence-electron chi connectivity index (χ0n) is 11.1. The molecule has 1 N–H and O–H groups in total. The fraction of sp³-hybridized carbons (Fsp3) is 0.625. The van der Waals surface area contributed by atoms with Crippen LogP contribution in [0.1, 0.15) is 63.0 Å². The SMILES string of the molecule is CC(C)c1ccc(CC2CCCCC2)c(O)c1. The minimum atomic E-state index is 0.490. The zero-order valence-corrected chi connectivity index (χ0v) is 11.1. The molecule has 1 nitrogen and oxygen atoms in total. The van der Waals surface area contributed by atoms with Gasteiger partial charge in [0, 0.05) is 0 Å². The molecule has 94 valence electrons. The van der Waals surface area contributed by atoms with E-state index in [0.717, 1.165) is 17.9 Å². The highest BCUT2D eigenvalue weighted by atomic mass is 16.3. The first kappa shape index (κ1) is 12.5. The summed E-state index contributed by atoms with van der Waals surface area (Å²) in [5.41, 5.74) is 2.37. The zero-order chi connectivity index (χ0) is 12.3. The Morgan fingerprint density at radius 3 is 2.47 bits per heavy atom. The van der Waals surface area contributed by atoms with Crippen LogP contribution < -0.4 is 0 Å². The lowest BCUT2D eigenvalue weighted by molar-refractivity contribution is 0.351. The van der Waals surface area contributed by atoms with E-state index in [1.165, 1.54) is 37.7 Å². The average Bonchev–Trinajstić information content (AvgIpc) is 2.33. The molecule has 0 aliphatic heterocycles. The van der Waals surface area contributed by atoms with Crippen molar-refractivity contribution >= 4 is 0 Å². The molecular formula is C16H24O. The van der Waals surface area contributed by atoms with Gasteiger partial charge in [0.2, 0.25) is 0 Å². The van der Waals surface area contributed by atoms with E-state index in [1.54, 1.807) is 0 Å². The number of hydrogen-bond donors (Lipinski definition) is 1. The number of hydrogen-bond acceptors (Lipinski definition) is 1. The molecule has 0 aromatic heterocycles. The van der Waals surface area contributed by atoms with Crippen LogP contribution in [0.5, 0.6) is 5.75 Å². The van der Waals surface area contributed by atoms with Crippen molar-refractivity contribution in [1.29, 1.82) is 0 Å². The first-order chi connectivity index (χ1) is 8.16. The minimum Gasteiger partial charge on any atom is -0.508 e. The molecule has 1 saturated carbocycles. The molecule has 0 unspecified atom stereocenters. The van der Waals surface area contributed by atoms with E-state index < -0.39 is 0 Å². The summed E-state index contributed by atoms with van der Waals surface area (Å²) in [6.07, 6.45) is 7.88. The molecule has 0 amide bonds. The van der Waals surface area contributed by atoms with E-state index >= 15 is 0 Å². The molecule has 1 aromatic carbocycles. The van der Waals surface area contributed by atoms with E-state index in [-0.39, 0.29) is 0 Å². The molecule has 0 bridgehead atoms. The molecule has 1 fully saturated rings. The number of benzene rings is 1. The van der Waals surface area contributed by atoms with Crippen molar-refractivity contribution in [2.24, 2.45) is 5.92 Å². The van der Waals surface area contributed by atoms with Crippen molar-refractivity contribution < 1.29 is 5.11 Å². The summed E-state index contributed by atoms with van der Waals surface area (Å²) in [5.74, 6) is 1.78. The Morgan fingerprint density at radius 2 is 1.88 bits per heavy atom. The van der Waals surface area contributed by atoms with E-state index in [4.69, 9.17) is 0 Å². The molecule has 1 aromatic rings. The van der Waals surface area contributed by atoms with E-state index in [9.17, 15) is 5.11 Å². The summed E-state index contributed by atoms with van der Waals surface area (Å²) in [6, 6.07) is 6.24. The Bertz CT molecular complexity index is 362. The van der Waals surface area contributed by atoms with Crippen LogP contribution in [0.3, 0.4) is 0 Å². The summed E-state index contributed by atoms with van der Waals surface area (Å²) in [4.78, 5) is 0. The Labute approximate surface area is 105 Å². The second kappa shape index (κ2) is 5.57. The Kier molecular flexibility index (Phi) is 4.09. The first-order valence-corrected chi connectivity index (χ1v) is 6.98. The number of phenolic OH excluding ortho intramolecular Hbond substituents is 1. The minimum absolute atomic E-state index is 0.490. The van der Waals surface area contributed by atoms with Gasteiger partial charge in [-0.2, -0.15) is 0 Å². The molecule has 1 heteroatoms. The topological polar surface area (TPSA) is 20.2 Å². The monoisotopic (exact) mass is 232 g/mol. The van der Waals surface area contributed by atoms with Crippen LogP contribution in [0.15, 0.2) is 18.2 Å². The van der Waals surface area contributed by atoms with Gasteiger partial charge in [-0.05, 0) is 35.4 Å². The van der Waals surface area contributed by atoms with Gasteiger partial charge in [0.1, 0.15) is 5.75 Å². The van der Waals surface area contributed by atoms with Crippen LogP contribution in [0, 0.1) is 5.92 Å².